The van der Waals surface area contributed by atoms with E-state index in [0.717, 1.165) is 34.6 Å². The van der Waals surface area contributed by atoms with E-state index in [9.17, 15) is 8.42 Å². The number of sulfone groups is 1. The largest absolute Gasteiger partial charge is 0.228 e. The van der Waals surface area contributed by atoms with Crippen LogP contribution in [0.1, 0.15) is 29.4 Å². The highest BCUT2D eigenvalue weighted by molar-refractivity contribution is 7.91. The Morgan fingerprint density at radius 1 is 0.913 bits per heavy atom. The van der Waals surface area contributed by atoms with E-state index < -0.39 is 9.84 Å². The van der Waals surface area contributed by atoms with Gasteiger partial charge in [0.25, 0.3) is 0 Å². The lowest BCUT2D eigenvalue weighted by atomic mass is 10.1. The Balaban J connectivity index is 1.71. The van der Waals surface area contributed by atoms with Crippen molar-refractivity contribution in [2.24, 2.45) is 0 Å². The second kappa shape index (κ2) is 5.77. The van der Waals surface area contributed by atoms with Crippen molar-refractivity contribution in [3.8, 4) is 10.4 Å². The van der Waals surface area contributed by atoms with Crippen LogP contribution >= 0.6 is 11.3 Å². The molecular weight excluding hydrogens is 324 g/mol. The van der Waals surface area contributed by atoms with Gasteiger partial charge in [0, 0.05) is 9.75 Å². The SMILES string of the molecule is O=S1(=O)CCCC[C@H]1c1ccc(-c2ccc3ccccc3c2)s1. The summed E-state index contributed by atoms with van der Waals surface area (Å²) in [5, 5.41) is 2.14. The number of thiophene rings is 1. The van der Waals surface area contributed by atoms with Crippen LogP contribution in [0.2, 0.25) is 0 Å². The van der Waals surface area contributed by atoms with Crippen LogP contribution in [0.25, 0.3) is 21.2 Å². The van der Waals surface area contributed by atoms with Gasteiger partial charge in [-0.2, -0.15) is 0 Å². The maximum Gasteiger partial charge on any atom is 0.158 e. The Morgan fingerprint density at radius 3 is 2.57 bits per heavy atom. The summed E-state index contributed by atoms with van der Waals surface area (Å²) in [5.74, 6) is 0.334. The molecule has 2 aromatic carbocycles. The molecule has 0 saturated carbocycles. The molecular formula is C19H18O2S2. The zero-order valence-corrected chi connectivity index (χ0v) is 14.4. The number of hydrogen-bond donors (Lipinski definition) is 0. The average Bonchev–Trinajstić information content (AvgIpc) is 3.03. The van der Waals surface area contributed by atoms with Crippen LogP contribution in [0.3, 0.4) is 0 Å². The molecule has 0 N–H and O–H groups in total. The number of rotatable bonds is 2. The smallest absolute Gasteiger partial charge is 0.158 e. The third kappa shape index (κ3) is 2.81. The molecule has 0 spiro atoms. The van der Waals surface area contributed by atoms with E-state index in [4.69, 9.17) is 0 Å². The lowest BCUT2D eigenvalue weighted by molar-refractivity contribution is 0.548. The van der Waals surface area contributed by atoms with Gasteiger partial charge in [-0.05, 0) is 47.4 Å². The van der Waals surface area contributed by atoms with Crippen LogP contribution in [-0.4, -0.2) is 14.2 Å². The first-order valence-corrected chi connectivity index (χ1v) is 10.5. The normalized spacial score (nSPS) is 20.6. The zero-order valence-electron chi connectivity index (χ0n) is 12.7. The standard InChI is InChI=1S/C19H18O2S2/c20-23(21)12-4-3-7-19(23)18-11-10-17(22-18)16-9-8-14-5-1-2-6-15(14)13-16/h1-2,5-6,8-11,13,19H,3-4,7,12H2/t19-/m0/s1. The van der Waals surface area contributed by atoms with Gasteiger partial charge >= 0.3 is 0 Å². The van der Waals surface area contributed by atoms with Crippen molar-refractivity contribution in [2.75, 3.05) is 5.75 Å². The van der Waals surface area contributed by atoms with E-state index in [1.165, 1.54) is 10.8 Å². The molecule has 0 aliphatic carbocycles. The number of fused-ring (bicyclic) bond motifs is 1. The van der Waals surface area contributed by atoms with Gasteiger partial charge < -0.3 is 0 Å². The number of hydrogen-bond acceptors (Lipinski definition) is 3. The summed E-state index contributed by atoms with van der Waals surface area (Å²) in [6.45, 7) is 0. The maximum atomic E-state index is 12.3. The van der Waals surface area contributed by atoms with E-state index >= 15 is 0 Å². The zero-order chi connectivity index (χ0) is 15.9. The molecule has 2 heterocycles. The second-order valence-corrected chi connectivity index (χ2v) is 9.53. The van der Waals surface area contributed by atoms with Gasteiger partial charge in [-0.3, -0.25) is 0 Å². The van der Waals surface area contributed by atoms with E-state index in [1.54, 1.807) is 11.3 Å². The fourth-order valence-corrected chi connectivity index (χ4v) is 6.75. The van der Waals surface area contributed by atoms with Gasteiger partial charge in [-0.15, -0.1) is 11.3 Å². The minimum absolute atomic E-state index is 0.296. The van der Waals surface area contributed by atoms with Crippen molar-refractivity contribution in [3.63, 3.8) is 0 Å². The first kappa shape index (κ1) is 14.9. The lowest BCUT2D eigenvalue weighted by Gasteiger charge is -2.20. The van der Waals surface area contributed by atoms with Crippen LogP contribution in [-0.2, 0) is 9.84 Å². The van der Waals surface area contributed by atoms with Crippen LogP contribution < -0.4 is 0 Å². The Hall–Kier alpha value is -1.65. The van der Waals surface area contributed by atoms with Crippen LogP contribution in [0.5, 0.6) is 0 Å². The van der Waals surface area contributed by atoms with Crippen molar-refractivity contribution >= 4 is 31.9 Å². The summed E-state index contributed by atoms with van der Waals surface area (Å²) >= 11 is 1.62. The van der Waals surface area contributed by atoms with Gasteiger partial charge in [-0.25, -0.2) is 8.42 Å². The highest BCUT2D eigenvalue weighted by Gasteiger charge is 2.31. The van der Waals surface area contributed by atoms with E-state index in [2.05, 4.69) is 36.4 Å². The van der Waals surface area contributed by atoms with Crippen molar-refractivity contribution in [3.05, 3.63) is 59.5 Å². The molecule has 118 valence electrons. The van der Waals surface area contributed by atoms with Gasteiger partial charge in [0.2, 0.25) is 0 Å². The molecule has 1 aliphatic heterocycles. The molecule has 0 radical (unpaired) electrons. The second-order valence-electron chi connectivity index (χ2n) is 6.12. The maximum absolute atomic E-state index is 12.3. The lowest BCUT2D eigenvalue weighted by Crippen LogP contribution is -2.20. The van der Waals surface area contributed by atoms with Crippen molar-refractivity contribution in [2.45, 2.75) is 24.5 Å². The molecule has 0 amide bonds. The Labute approximate surface area is 140 Å². The molecule has 3 aromatic rings. The Kier molecular flexibility index (Phi) is 3.74. The van der Waals surface area contributed by atoms with Crippen LogP contribution in [0.15, 0.2) is 54.6 Å². The molecule has 23 heavy (non-hydrogen) atoms. The van der Waals surface area contributed by atoms with Crippen LogP contribution in [0, 0.1) is 0 Å². The predicted octanol–water partition coefficient (Wildman–Crippen LogP) is 5.21. The van der Waals surface area contributed by atoms with E-state index in [-0.39, 0.29) is 5.25 Å². The first-order chi connectivity index (χ1) is 11.1. The topological polar surface area (TPSA) is 34.1 Å². The molecule has 1 atom stereocenters. The first-order valence-electron chi connectivity index (χ1n) is 7.94. The molecule has 1 fully saturated rings. The summed E-state index contributed by atoms with van der Waals surface area (Å²) in [7, 11) is -2.97. The quantitative estimate of drug-likeness (QED) is 0.641. The molecule has 1 saturated heterocycles. The van der Waals surface area contributed by atoms with Crippen molar-refractivity contribution < 1.29 is 8.42 Å². The molecule has 0 bridgehead atoms. The monoisotopic (exact) mass is 342 g/mol. The minimum Gasteiger partial charge on any atom is -0.228 e. The molecule has 4 heteroatoms. The minimum atomic E-state index is -2.97. The molecule has 0 unspecified atom stereocenters. The Bertz CT molecular complexity index is 954. The molecule has 1 aliphatic rings. The predicted molar refractivity (Wildman–Crippen MR) is 97.6 cm³/mol. The van der Waals surface area contributed by atoms with E-state index in [0.29, 0.717) is 5.75 Å². The Morgan fingerprint density at radius 2 is 1.74 bits per heavy atom. The summed E-state index contributed by atoms with van der Waals surface area (Å²) in [5.41, 5.74) is 1.16. The fourth-order valence-electron chi connectivity index (χ4n) is 3.30. The fraction of sp³-hybridized carbons (Fsp3) is 0.263. The van der Waals surface area contributed by atoms with Gasteiger partial charge in [0.1, 0.15) is 0 Å². The van der Waals surface area contributed by atoms with Gasteiger partial charge in [0.05, 0.1) is 11.0 Å². The van der Waals surface area contributed by atoms with E-state index in [1.807, 2.05) is 18.2 Å². The molecule has 2 nitrogen and oxygen atoms in total. The molecule has 1 aromatic heterocycles. The van der Waals surface area contributed by atoms with Gasteiger partial charge in [0.15, 0.2) is 9.84 Å². The third-order valence-electron chi connectivity index (χ3n) is 4.56. The van der Waals surface area contributed by atoms with Crippen molar-refractivity contribution in [1.82, 2.24) is 0 Å². The highest BCUT2D eigenvalue weighted by Crippen LogP contribution is 2.40. The number of benzene rings is 2. The third-order valence-corrected chi connectivity index (χ3v) is 8.17. The average molecular weight is 342 g/mol. The van der Waals surface area contributed by atoms with Crippen LogP contribution in [0.4, 0.5) is 0 Å². The van der Waals surface area contributed by atoms with Crippen molar-refractivity contribution in [1.29, 1.82) is 0 Å². The summed E-state index contributed by atoms with van der Waals surface area (Å²) in [4.78, 5) is 2.14. The molecule has 4 rings (SSSR count). The van der Waals surface area contributed by atoms with Gasteiger partial charge in [-0.1, -0.05) is 42.8 Å². The summed E-state index contributed by atoms with van der Waals surface area (Å²) < 4.78 is 24.6. The highest BCUT2D eigenvalue weighted by atomic mass is 32.2. The summed E-state index contributed by atoms with van der Waals surface area (Å²) in [6, 6.07) is 18.8. The summed E-state index contributed by atoms with van der Waals surface area (Å²) in [6.07, 6.45) is 2.58.